The van der Waals surface area contributed by atoms with Gasteiger partial charge in [-0.3, -0.25) is 4.79 Å². The number of hydrogen-bond donors (Lipinski definition) is 1. The molecule has 4 aromatic rings. The number of ether oxygens (including phenoxy) is 1. The van der Waals surface area contributed by atoms with Crippen molar-refractivity contribution in [3.05, 3.63) is 82.9 Å². The molecule has 1 atom stereocenters. The van der Waals surface area contributed by atoms with Crippen LogP contribution in [0.25, 0.3) is 21.7 Å². The van der Waals surface area contributed by atoms with Gasteiger partial charge in [0.05, 0.1) is 28.4 Å². The third kappa shape index (κ3) is 4.04. The monoisotopic (exact) mass is 449 g/mol. The summed E-state index contributed by atoms with van der Waals surface area (Å²) in [7, 11) is -3.85. The minimum Gasteiger partial charge on any atom is -0.377 e. The Bertz CT molecular complexity index is 1440. The Morgan fingerprint density at radius 2 is 1.81 bits per heavy atom. The highest BCUT2D eigenvalue weighted by molar-refractivity contribution is 7.89. The van der Waals surface area contributed by atoms with E-state index >= 15 is 0 Å². The van der Waals surface area contributed by atoms with E-state index < -0.39 is 10.0 Å². The summed E-state index contributed by atoms with van der Waals surface area (Å²) in [5.74, 6) is 0.302. The first kappa shape index (κ1) is 20.8. The van der Waals surface area contributed by atoms with Gasteiger partial charge in [0.25, 0.3) is 5.56 Å². The van der Waals surface area contributed by atoms with Crippen molar-refractivity contribution >= 4 is 31.7 Å². The minimum absolute atomic E-state index is 0.0465. The molecule has 7 nitrogen and oxygen atoms in total. The molecule has 8 heteroatoms. The number of hydrogen-bond acceptors (Lipinski definition) is 5. The number of H-pyrrole nitrogens is 1. The molecule has 0 radical (unpaired) electrons. The van der Waals surface area contributed by atoms with Gasteiger partial charge in [-0.1, -0.05) is 42.5 Å². The van der Waals surface area contributed by atoms with Crippen molar-refractivity contribution in [2.24, 2.45) is 0 Å². The van der Waals surface area contributed by atoms with Gasteiger partial charge in [-0.05, 0) is 47.9 Å². The number of aromatic amines is 1. The molecule has 1 unspecified atom stereocenters. The molecular weight excluding hydrogens is 426 g/mol. The van der Waals surface area contributed by atoms with Crippen LogP contribution in [0.4, 0.5) is 0 Å². The Morgan fingerprint density at radius 3 is 2.62 bits per heavy atom. The number of nitrogens with one attached hydrogen (secondary N) is 1. The van der Waals surface area contributed by atoms with Crippen LogP contribution in [0.1, 0.15) is 18.7 Å². The van der Waals surface area contributed by atoms with E-state index in [2.05, 4.69) is 9.97 Å². The molecule has 1 aromatic heterocycles. The van der Waals surface area contributed by atoms with Crippen molar-refractivity contribution in [3.63, 3.8) is 0 Å². The molecule has 1 fully saturated rings. The molecule has 32 heavy (non-hydrogen) atoms. The molecule has 0 saturated carbocycles. The lowest BCUT2D eigenvalue weighted by Gasteiger charge is -2.24. The van der Waals surface area contributed by atoms with Crippen molar-refractivity contribution in [2.75, 3.05) is 13.2 Å². The van der Waals surface area contributed by atoms with E-state index in [1.807, 2.05) is 30.3 Å². The number of rotatable bonds is 6. The van der Waals surface area contributed by atoms with Crippen LogP contribution in [-0.4, -0.2) is 41.9 Å². The zero-order chi connectivity index (χ0) is 22.1. The quantitative estimate of drug-likeness (QED) is 0.487. The summed E-state index contributed by atoms with van der Waals surface area (Å²) in [5.41, 5.74) is 0.247. The Hall–Kier alpha value is -3.07. The van der Waals surface area contributed by atoms with Crippen LogP contribution >= 0.6 is 0 Å². The van der Waals surface area contributed by atoms with E-state index in [0.29, 0.717) is 23.3 Å². The van der Waals surface area contributed by atoms with Crippen LogP contribution < -0.4 is 5.56 Å². The van der Waals surface area contributed by atoms with Crippen molar-refractivity contribution in [1.82, 2.24) is 14.3 Å². The van der Waals surface area contributed by atoms with E-state index in [1.165, 1.54) is 4.31 Å². The summed E-state index contributed by atoms with van der Waals surface area (Å²) in [5, 5.41) is 2.29. The number of aromatic nitrogens is 2. The van der Waals surface area contributed by atoms with E-state index in [-0.39, 0.29) is 29.6 Å². The number of nitrogens with zero attached hydrogens (tertiary/aromatic N) is 2. The Morgan fingerprint density at radius 1 is 1.03 bits per heavy atom. The van der Waals surface area contributed by atoms with E-state index in [0.717, 1.165) is 23.6 Å². The van der Waals surface area contributed by atoms with Crippen LogP contribution in [0.5, 0.6) is 0 Å². The molecular formula is C24H23N3O4S. The number of benzene rings is 3. The highest BCUT2D eigenvalue weighted by atomic mass is 32.2. The average molecular weight is 450 g/mol. The zero-order valence-electron chi connectivity index (χ0n) is 17.4. The minimum atomic E-state index is -3.85. The van der Waals surface area contributed by atoms with Crippen LogP contribution in [0.3, 0.4) is 0 Å². The average Bonchev–Trinajstić information content (AvgIpc) is 3.31. The first-order valence-corrected chi connectivity index (χ1v) is 12.0. The predicted octanol–water partition coefficient (Wildman–Crippen LogP) is 3.45. The second-order valence-corrected chi connectivity index (χ2v) is 9.91. The second-order valence-electron chi connectivity index (χ2n) is 7.97. The summed E-state index contributed by atoms with van der Waals surface area (Å²) >= 11 is 0. The fraction of sp³-hybridized carbons (Fsp3) is 0.250. The molecule has 0 bridgehead atoms. The molecule has 164 valence electrons. The lowest BCUT2D eigenvalue weighted by Crippen LogP contribution is -2.37. The number of para-hydroxylation sites is 1. The van der Waals surface area contributed by atoms with Gasteiger partial charge < -0.3 is 9.72 Å². The Balaban J connectivity index is 1.54. The van der Waals surface area contributed by atoms with E-state index in [1.54, 1.807) is 36.4 Å². The van der Waals surface area contributed by atoms with E-state index in [9.17, 15) is 13.2 Å². The molecule has 1 N–H and O–H groups in total. The molecule has 3 aromatic carbocycles. The molecule has 1 aliphatic heterocycles. The van der Waals surface area contributed by atoms with Gasteiger partial charge in [0.15, 0.2) is 0 Å². The van der Waals surface area contributed by atoms with Crippen LogP contribution in [0.15, 0.2) is 76.4 Å². The lowest BCUT2D eigenvalue weighted by molar-refractivity contribution is 0.0921. The maximum Gasteiger partial charge on any atom is 0.258 e. The van der Waals surface area contributed by atoms with Gasteiger partial charge in [0, 0.05) is 13.2 Å². The first-order valence-electron chi connectivity index (χ1n) is 10.6. The standard InChI is InChI=1S/C24H23N3O4S/c28-24-21-9-3-4-10-22(21)25-23(26-24)16-27(15-19-8-5-13-31-19)32(29,30)20-12-11-17-6-1-2-7-18(17)14-20/h1-4,6-7,9-12,14,19H,5,8,13,15-16H2,(H,25,26,28). The third-order valence-corrected chi connectivity index (χ3v) is 7.59. The molecule has 1 aliphatic rings. The fourth-order valence-electron chi connectivity index (χ4n) is 4.12. The first-order chi connectivity index (χ1) is 15.5. The van der Waals surface area contributed by atoms with Gasteiger partial charge in [-0.25, -0.2) is 13.4 Å². The van der Waals surface area contributed by atoms with Crippen molar-refractivity contribution in [1.29, 1.82) is 0 Å². The van der Waals surface area contributed by atoms with Crippen molar-refractivity contribution < 1.29 is 13.2 Å². The SMILES string of the molecule is O=c1[nH]c(CN(CC2CCCO2)S(=O)(=O)c2ccc3ccccc3c2)nc2ccccc12. The lowest BCUT2D eigenvalue weighted by atomic mass is 10.1. The fourth-order valence-corrected chi connectivity index (χ4v) is 5.59. The van der Waals surface area contributed by atoms with Gasteiger partial charge in [0.1, 0.15) is 5.82 Å². The molecule has 0 spiro atoms. The molecule has 0 amide bonds. The van der Waals surface area contributed by atoms with Crippen LogP contribution in [0.2, 0.25) is 0 Å². The predicted molar refractivity (Wildman–Crippen MR) is 123 cm³/mol. The molecule has 2 heterocycles. The normalized spacial score (nSPS) is 16.8. The summed E-state index contributed by atoms with van der Waals surface area (Å²) in [6, 6.07) is 19.8. The molecule has 1 saturated heterocycles. The van der Waals surface area contributed by atoms with Crippen LogP contribution in [-0.2, 0) is 21.3 Å². The molecule has 0 aliphatic carbocycles. The summed E-state index contributed by atoms with van der Waals surface area (Å²) in [6.07, 6.45) is 1.52. The van der Waals surface area contributed by atoms with Gasteiger partial charge in [-0.15, -0.1) is 0 Å². The van der Waals surface area contributed by atoms with Crippen LogP contribution in [0, 0.1) is 0 Å². The largest absolute Gasteiger partial charge is 0.377 e. The Kier molecular flexibility index (Phi) is 5.50. The Labute approximate surface area is 185 Å². The summed E-state index contributed by atoms with van der Waals surface area (Å²) < 4.78 is 34.4. The highest BCUT2D eigenvalue weighted by Gasteiger charge is 2.30. The van der Waals surface area contributed by atoms with Gasteiger partial charge in [0.2, 0.25) is 10.0 Å². The second kappa shape index (κ2) is 8.46. The van der Waals surface area contributed by atoms with Crippen molar-refractivity contribution in [2.45, 2.75) is 30.4 Å². The van der Waals surface area contributed by atoms with E-state index in [4.69, 9.17) is 4.74 Å². The smallest absolute Gasteiger partial charge is 0.258 e. The summed E-state index contributed by atoms with van der Waals surface area (Å²) in [6.45, 7) is 0.778. The van der Waals surface area contributed by atoms with Gasteiger partial charge in [-0.2, -0.15) is 4.31 Å². The maximum atomic E-state index is 13.7. The molecule has 5 rings (SSSR count). The highest BCUT2D eigenvalue weighted by Crippen LogP contribution is 2.25. The number of sulfonamides is 1. The summed E-state index contributed by atoms with van der Waals surface area (Å²) in [4.78, 5) is 20.0. The topological polar surface area (TPSA) is 92.4 Å². The third-order valence-electron chi connectivity index (χ3n) is 5.78. The van der Waals surface area contributed by atoms with Crippen molar-refractivity contribution in [3.8, 4) is 0 Å². The van der Waals surface area contributed by atoms with Gasteiger partial charge >= 0.3 is 0 Å². The zero-order valence-corrected chi connectivity index (χ0v) is 18.2. The maximum absolute atomic E-state index is 13.7. The number of fused-ring (bicyclic) bond motifs is 2.